The van der Waals surface area contributed by atoms with E-state index < -0.39 is 30.0 Å². The molecule has 0 saturated heterocycles. The van der Waals surface area contributed by atoms with Crippen LogP contribution in [0, 0.1) is 11.3 Å². The van der Waals surface area contributed by atoms with E-state index in [1.807, 2.05) is 0 Å². The molecule has 8 nitrogen and oxygen atoms in total. The van der Waals surface area contributed by atoms with Gasteiger partial charge in [-0.05, 0) is 31.0 Å². The number of hydrogen-bond acceptors (Lipinski definition) is 5. The summed E-state index contributed by atoms with van der Waals surface area (Å²) >= 11 is 0. The average molecular weight is 478 g/mol. The molecule has 1 aromatic carbocycles. The third-order valence-electron chi connectivity index (χ3n) is 3.86. The molecular formula is C19H16F6N4O4. The van der Waals surface area contributed by atoms with Crippen molar-refractivity contribution in [3.8, 4) is 17.3 Å². The monoisotopic (exact) mass is 478 g/mol. The van der Waals surface area contributed by atoms with E-state index in [1.165, 1.54) is 25.2 Å². The summed E-state index contributed by atoms with van der Waals surface area (Å²) in [6.45, 7) is 0.264. The number of aromatic nitrogens is 2. The summed E-state index contributed by atoms with van der Waals surface area (Å²) in [5.41, 5.74) is 0.0892. The number of amides is 1. The molecular weight excluding hydrogens is 462 g/mol. The van der Waals surface area contributed by atoms with E-state index in [9.17, 15) is 31.1 Å². The van der Waals surface area contributed by atoms with Gasteiger partial charge in [-0.1, -0.05) is 12.1 Å². The maximum absolute atomic E-state index is 12.9. The van der Waals surface area contributed by atoms with E-state index in [4.69, 9.17) is 20.3 Å². The van der Waals surface area contributed by atoms with Crippen LogP contribution in [0.4, 0.5) is 31.1 Å². The number of hydrogen-bond donors (Lipinski definition) is 2. The Morgan fingerprint density at radius 1 is 1.09 bits per heavy atom. The van der Waals surface area contributed by atoms with Crippen molar-refractivity contribution in [3.63, 3.8) is 0 Å². The molecule has 0 bridgehead atoms. The molecule has 33 heavy (non-hydrogen) atoms. The number of nitriles is 1. The Labute approximate surface area is 182 Å². The molecule has 2 N–H and O–H groups in total. The predicted octanol–water partition coefficient (Wildman–Crippen LogP) is 4.21. The molecule has 0 aliphatic carbocycles. The predicted molar refractivity (Wildman–Crippen MR) is 99.9 cm³/mol. The van der Waals surface area contributed by atoms with Gasteiger partial charge in [-0.2, -0.15) is 31.6 Å². The van der Waals surface area contributed by atoms with Gasteiger partial charge in [0.1, 0.15) is 6.07 Å². The van der Waals surface area contributed by atoms with Gasteiger partial charge in [0.25, 0.3) is 0 Å². The van der Waals surface area contributed by atoms with Crippen molar-refractivity contribution in [1.29, 1.82) is 5.26 Å². The third-order valence-corrected chi connectivity index (χ3v) is 3.86. The highest BCUT2D eigenvalue weighted by Crippen LogP contribution is 2.31. The van der Waals surface area contributed by atoms with E-state index >= 15 is 0 Å². The van der Waals surface area contributed by atoms with Crippen LogP contribution < -0.4 is 0 Å². The summed E-state index contributed by atoms with van der Waals surface area (Å²) in [5.74, 6) is -2.91. The largest absolute Gasteiger partial charge is 0.490 e. The third kappa shape index (κ3) is 9.01. The molecule has 0 atom stereocenters. The minimum absolute atomic E-state index is 0.151. The molecule has 0 spiro atoms. The first-order chi connectivity index (χ1) is 15.1. The van der Waals surface area contributed by atoms with Crippen LogP contribution in [0.15, 0.2) is 30.3 Å². The molecule has 14 heteroatoms. The van der Waals surface area contributed by atoms with Gasteiger partial charge in [0.05, 0.1) is 11.3 Å². The van der Waals surface area contributed by atoms with Crippen molar-refractivity contribution in [3.05, 3.63) is 47.4 Å². The number of alkyl halides is 6. The van der Waals surface area contributed by atoms with Crippen molar-refractivity contribution in [1.82, 2.24) is 14.9 Å². The van der Waals surface area contributed by atoms with E-state index in [-0.39, 0.29) is 23.6 Å². The molecule has 0 radical (unpaired) electrons. The minimum Gasteiger partial charge on any atom is -0.475 e. The Balaban J connectivity index is 0.000000675. The highest BCUT2D eigenvalue weighted by molar-refractivity contribution is 5.73. The van der Waals surface area contributed by atoms with Crippen molar-refractivity contribution in [2.45, 2.75) is 25.2 Å². The van der Waals surface area contributed by atoms with Gasteiger partial charge in [-0.3, -0.25) is 0 Å². The zero-order valence-corrected chi connectivity index (χ0v) is 16.8. The van der Waals surface area contributed by atoms with Gasteiger partial charge < -0.3 is 15.1 Å². The van der Waals surface area contributed by atoms with Crippen molar-refractivity contribution in [2.24, 2.45) is 0 Å². The molecule has 0 unspecified atom stereocenters. The molecule has 1 heterocycles. The van der Waals surface area contributed by atoms with Crippen LogP contribution in [0.3, 0.4) is 0 Å². The number of carboxylic acid groups (broad SMARTS) is 2. The number of aliphatic carboxylic acids is 1. The Morgan fingerprint density at radius 2 is 1.70 bits per heavy atom. The van der Waals surface area contributed by atoms with E-state index in [1.54, 1.807) is 6.07 Å². The van der Waals surface area contributed by atoms with Crippen LogP contribution in [0.5, 0.6) is 0 Å². The second kappa shape index (κ2) is 11.1. The number of halogens is 6. The number of aryl methyl sites for hydroxylation is 1. The van der Waals surface area contributed by atoms with Gasteiger partial charge in [0.2, 0.25) is 5.82 Å². The number of benzene rings is 1. The first-order valence-corrected chi connectivity index (χ1v) is 8.85. The van der Waals surface area contributed by atoms with Gasteiger partial charge in [0.15, 0.2) is 0 Å². The number of nitrogens with zero attached hydrogens (tertiary/aromatic N) is 4. The van der Waals surface area contributed by atoms with E-state index in [0.29, 0.717) is 18.5 Å². The Morgan fingerprint density at radius 3 is 2.18 bits per heavy atom. The quantitative estimate of drug-likeness (QED) is 0.617. The van der Waals surface area contributed by atoms with Crippen molar-refractivity contribution < 1.29 is 46.1 Å². The normalized spacial score (nSPS) is 11.1. The summed E-state index contributed by atoms with van der Waals surface area (Å²) in [6.07, 6.45) is -9.81. The maximum Gasteiger partial charge on any atom is 0.490 e. The van der Waals surface area contributed by atoms with Crippen molar-refractivity contribution >= 4 is 12.1 Å². The fourth-order valence-corrected chi connectivity index (χ4v) is 2.27. The molecule has 1 aromatic heterocycles. The van der Waals surface area contributed by atoms with Crippen molar-refractivity contribution in [2.75, 3.05) is 13.6 Å². The summed E-state index contributed by atoms with van der Waals surface area (Å²) in [4.78, 5) is 28.8. The molecule has 0 aliphatic heterocycles. The zero-order valence-electron chi connectivity index (χ0n) is 16.8. The van der Waals surface area contributed by atoms with E-state index in [2.05, 4.69) is 9.97 Å². The molecule has 2 aromatic rings. The first kappa shape index (κ1) is 27.1. The highest BCUT2D eigenvalue weighted by Gasteiger charge is 2.38. The Kier molecular flexibility index (Phi) is 9.14. The fourth-order valence-electron chi connectivity index (χ4n) is 2.27. The molecule has 2 rings (SSSR count). The maximum atomic E-state index is 12.9. The molecule has 1 amide bonds. The summed E-state index contributed by atoms with van der Waals surface area (Å²) in [7, 11) is 1.43. The summed E-state index contributed by atoms with van der Waals surface area (Å²) in [6, 6.07) is 7.97. The lowest BCUT2D eigenvalue weighted by atomic mass is 10.1. The van der Waals surface area contributed by atoms with Gasteiger partial charge in [-0.15, -0.1) is 0 Å². The number of rotatable bonds is 5. The zero-order chi connectivity index (χ0) is 25.4. The standard InChI is InChI=1S/C17H15F3N4O2.C2HF3O2/c1-24(16(25)26)7-3-6-13-9-14(23-15(10-21)22-13)11-4-2-5-12(8-11)17(18,19)20;3-2(4,5)1(6)7/h2,4-5,8-9H,3,6-7H2,1H3,(H,25,26);(H,6,7). The number of carboxylic acids is 1. The lowest BCUT2D eigenvalue weighted by Crippen LogP contribution is -2.26. The van der Waals surface area contributed by atoms with Crippen LogP contribution in [-0.2, 0) is 17.4 Å². The topological polar surface area (TPSA) is 127 Å². The first-order valence-electron chi connectivity index (χ1n) is 8.85. The second-order valence-corrected chi connectivity index (χ2v) is 6.37. The minimum atomic E-state index is -5.08. The van der Waals surface area contributed by atoms with Gasteiger partial charge in [0, 0.05) is 24.8 Å². The molecule has 178 valence electrons. The van der Waals surface area contributed by atoms with Gasteiger partial charge in [-0.25, -0.2) is 19.6 Å². The average Bonchev–Trinajstić information content (AvgIpc) is 2.72. The van der Waals surface area contributed by atoms with Crippen LogP contribution in [0.25, 0.3) is 11.3 Å². The van der Waals surface area contributed by atoms with Crippen LogP contribution in [0.2, 0.25) is 0 Å². The van der Waals surface area contributed by atoms with E-state index in [0.717, 1.165) is 17.0 Å². The molecule has 0 fully saturated rings. The highest BCUT2D eigenvalue weighted by atomic mass is 19.4. The smallest absolute Gasteiger partial charge is 0.475 e. The SMILES string of the molecule is CN(CCCc1cc(-c2cccc(C(F)(F)F)c2)nc(C#N)n1)C(=O)O.O=C(O)C(F)(F)F. The fraction of sp³-hybridized carbons (Fsp3) is 0.316. The van der Waals surface area contributed by atoms with Gasteiger partial charge >= 0.3 is 24.4 Å². The van der Waals surface area contributed by atoms with Crippen LogP contribution in [-0.4, -0.2) is 56.9 Å². The second-order valence-electron chi connectivity index (χ2n) is 6.37. The van der Waals surface area contributed by atoms with Crippen LogP contribution in [0.1, 0.15) is 23.5 Å². The lowest BCUT2D eigenvalue weighted by molar-refractivity contribution is -0.192. The Bertz CT molecular complexity index is 1030. The molecule has 0 aliphatic rings. The lowest BCUT2D eigenvalue weighted by Gasteiger charge is -2.12. The molecule has 0 saturated carbocycles. The summed E-state index contributed by atoms with van der Waals surface area (Å²) in [5, 5.41) is 25.0. The Hall–Kier alpha value is -3.89. The number of carbonyl (C=O) groups is 2. The van der Waals surface area contributed by atoms with Crippen LogP contribution >= 0.6 is 0 Å². The summed E-state index contributed by atoms with van der Waals surface area (Å²) < 4.78 is 70.4.